The summed E-state index contributed by atoms with van der Waals surface area (Å²) >= 11 is 0. The Kier molecular flexibility index (Phi) is 7.66. The molecule has 5 rings (SSSR count). The van der Waals surface area contributed by atoms with E-state index in [9.17, 15) is 0 Å². The fourth-order valence-electron chi connectivity index (χ4n) is 4.79. The van der Waals surface area contributed by atoms with E-state index in [2.05, 4.69) is 5.73 Å². The lowest BCUT2D eigenvalue weighted by molar-refractivity contribution is -0.254. The Labute approximate surface area is 207 Å². The summed E-state index contributed by atoms with van der Waals surface area (Å²) in [5.74, 6) is -2.66. The molecule has 0 aliphatic rings. The molecular formula is C30H24BF4N. The second kappa shape index (κ2) is 11.1. The summed E-state index contributed by atoms with van der Waals surface area (Å²) in [6.07, 6.45) is -2.82. The third-order valence-corrected chi connectivity index (χ3v) is 6.33. The Morgan fingerprint density at radius 1 is 0.361 bits per heavy atom. The topological polar surface area (TPSA) is 27.6 Å². The maximum Gasteiger partial charge on any atom is 0.127 e. The zero-order valence-electron chi connectivity index (χ0n) is 19.4. The van der Waals surface area contributed by atoms with Crippen molar-refractivity contribution >= 4 is 33.7 Å². The van der Waals surface area contributed by atoms with Crippen LogP contribution in [-0.4, -0.2) is 6.15 Å². The summed E-state index contributed by atoms with van der Waals surface area (Å²) in [5.41, 5.74) is 4.88. The zero-order chi connectivity index (χ0) is 25.5. The van der Waals surface area contributed by atoms with Gasteiger partial charge in [0.05, 0.1) is 23.3 Å². The Morgan fingerprint density at radius 3 is 0.833 bits per heavy atom. The molecule has 0 heterocycles. The van der Waals surface area contributed by atoms with Gasteiger partial charge in [0.25, 0.3) is 0 Å². The molecule has 5 aromatic rings. The minimum atomic E-state index is -2.82. The van der Waals surface area contributed by atoms with Gasteiger partial charge in [-0.3, -0.25) is 0 Å². The molecule has 0 atom stereocenters. The minimum absolute atomic E-state index is 0.0211. The minimum Gasteiger partial charge on any atom is -0.325 e. The van der Waals surface area contributed by atoms with Gasteiger partial charge in [-0.2, -0.15) is 21.9 Å². The number of quaternary nitrogens is 1. The van der Waals surface area contributed by atoms with Gasteiger partial charge in [-0.15, -0.1) is 0 Å². The van der Waals surface area contributed by atoms with Crippen LogP contribution >= 0.6 is 0 Å². The average molecular weight is 485 g/mol. The van der Waals surface area contributed by atoms with Crippen LogP contribution in [0.4, 0.5) is 23.2 Å². The van der Waals surface area contributed by atoms with Gasteiger partial charge in [0.15, 0.2) is 0 Å². The smallest absolute Gasteiger partial charge is 0.127 e. The molecular weight excluding hydrogens is 461 g/mol. The molecule has 0 saturated heterocycles. The monoisotopic (exact) mass is 485 g/mol. The number of rotatable bonds is 4. The van der Waals surface area contributed by atoms with Crippen LogP contribution in [0.5, 0.6) is 0 Å². The van der Waals surface area contributed by atoms with Gasteiger partial charge in [0.1, 0.15) is 11.8 Å². The van der Waals surface area contributed by atoms with Crippen LogP contribution in [0.25, 0.3) is 0 Å². The van der Waals surface area contributed by atoms with Crippen LogP contribution in [0, 0.1) is 23.3 Å². The van der Waals surface area contributed by atoms with Gasteiger partial charge in [-0.25, -0.2) is 17.6 Å². The third kappa shape index (κ3) is 4.81. The van der Waals surface area contributed by atoms with Crippen molar-refractivity contribution in [1.82, 2.24) is 0 Å². The van der Waals surface area contributed by atoms with Gasteiger partial charge >= 0.3 is 0 Å². The third-order valence-electron chi connectivity index (χ3n) is 6.33. The normalized spacial score (nSPS) is 10.9. The fourth-order valence-corrected chi connectivity index (χ4v) is 4.79. The van der Waals surface area contributed by atoms with Crippen molar-refractivity contribution in [2.75, 3.05) is 0 Å². The molecule has 0 radical (unpaired) electrons. The Balaban J connectivity index is 0.000000375. The fraction of sp³-hybridized carbons (Fsp3) is 0. The van der Waals surface area contributed by atoms with Gasteiger partial charge in [-0.1, -0.05) is 91.0 Å². The largest absolute Gasteiger partial charge is 0.325 e. The maximum atomic E-state index is 15.2. The molecule has 0 amide bonds. The lowest BCUT2D eigenvalue weighted by Crippen LogP contribution is -2.77. The number of halogens is 4. The van der Waals surface area contributed by atoms with Gasteiger partial charge in [0, 0.05) is 0 Å². The van der Waals surface area contributed by atoms with E-state index in [1.807, 2.05) is 30.3 Å². The van der Waals surface area contributed by atoms with E-state index >= 15 is 17.6 Å². The molecule has 0 spiro atoms. The summed E-state index contributed by atoms with van der Waals surface area (Å²) in [6, 6.07) is 32.9. The average Bonchev–Trinajstić information content (AvgIpc) is 2.89. The van der Waals surface area contributed by atoms with E-state index in [-0.39, 0.29) is 21.9 Å². The van der Waals surface area contributed by atoms with Crippen molar-refractivity contribution in [3.05, 3.63) is 151 Å². The van der Waals surface area contributed by atoms with Crippen molar-refractivity contribution in [3.63, 3.8) is 0 Å². The molecule has 0 aromatic heterocycles. The Bertz CT molecular complexity index is 1270. The van der Waals surface area contributed by atoms with Crippen LogP contribution < -0.4 is 27.6 Å². The molecule has 6 heteroatoms. The SMILES string of the molecule is Fc1ccccc1[B-](c1ccccc1F)(c1ccccc1F)c1ccccc1F.[NH3+]c1ccccc1. The molecule has 0 aliphatic heterocycles. The summed E-state index contributed by atoms with van der Waals surface area (Å²) in [7, 11) is 0. The maximum absolute atomic E-state index is 15.2. The van der Waals surface area contributed by atoms with E-state index in [0.29, 0.717) is 0 Å². The molecule has 0 fully saturated rings. The number of hydrogen-bond donors (Lipinski definition) is 1. The highest BCUT2D eigenvalue weighted by Gasteiger charge is 2.38. The van der Waals surface area contributed by atoms with E-state index in [1.54, 1.807) is 24.3 Å². The van der Waals surface area contributed by atoms with Crippen molar-refractivity contribution in [3.8, 4) is 0 Å². The van der Waals surface area contributed by atoms with Crippen LogP contribution in [0.1, 0.15) is 0 Å². The van der Waals surface area contributed by atoms with E-state index < -0.39 is 29.4 Å². The lowest BCUT2D eigenvalue weighted by Gasteiger charge is -2.44. The predicted molar refractivity (Wildman–Crippen MR) is 139 cm³/mol. The van der Waals surface area contributed by atoms with Crippen LogP contribution in [0.2, 0.25) is 0 Å². The first kappa shape index (κ1) is 25.0. The van der Waals surface area contributed by atoms with Gasteiger partial charge in [-0.05, 0) is 36.4 Å². The van der Waals surface area contributed by atoms with Crippen molar-refractivity contribution in [1.29, 1.82) is 0 Å². The summed E-state index contributed by atoms with van der Waals surface area (Å²) in [4.78, 5) is 0. The quantitative estimate of drug-likeness (QED) is 0.292. The summed E-state index contributed by atoms with van der Waals surface area (Å²) in [6.45, 7) is 0. The molecule has 0 bridgehead atoms. The van der Waals surface area contributed by atoms with Crippen molar-refractivity contribution in [2.45, 2.75) is 0 Å². The molecule has 3 N–H and O–H groups in total. The molecule has 1 nitrogen and oxygen atoms in total. The lowest BCUT2D eigenvalue weighted by atomic mass is 9.12. The molecule has 36 heavy (non-hydrogen) atoms. The highest BCUT2D eigenvalue weighted by atomic mass is 19.1. The first-order chi connectivity index (χ1) is 17.5. The molecule has 0 unspecified atom stereocenters. The highest BCUT2D eigenvalue weighted by Crippen LogP contribution is 2.16. The Morgan fingerprint density at radius 2 is 0.611 bits per heavy atom. The first-order valence-electron chi connectivity index (χ1n) is 11.5. The van der Waals surface area contributed by atoms with E-state index in [0.717, 1.165) is 5.69 Å². The van der Waals surface area contributed by atoms with E-state index in [1.165, 1.54) is 72.8 Å². The number of benzene rings is 5. The Hall–Kier alpha value is -4.16. The van der Waals surface area contributed by atoms with E-state index in [4.69, 9.17) is 0 Å². The van der Waals surface area contributed by atoms with Crippen molar-refractivity contribution in [2.24, 2.45) is 0 Å². The first-order valence-corrected chi connectivity index (χ1v) is 11.5. The molecule has 180 valence electrons. The summed E-state index contributed by atoms with van der Waals surface area (Å²) in [5, 5.41) is 0. The van der Waals surface area contributed by atoms with Gasteiger partial charge < -0.3 is 5.73 Å². The highest BCUT2D eigenvalue weighted by molar-refractivity contribution is 7.20. The molecule has 0 saturated carbocycles. The zero-order valence-corrected chi connectivity index (χ0v) is 19.4. The van der Waals surface area contributed by atoms with Crippen LogP contribution in [0.15, 0.2) is 127 Å². The van der Waals surface area contributed by atoms with Crippen LogP contribution in [-0.2, 0) is 0 Å². The number of hydrogen-bond acceptors (Lipinski definition) is 0. The van der Waals surface area contributed by atoms with Gasteiger partial charge in [0.2, 0.25) is 0 Å². The predicted octanol–water partition coefficient (Wildman–Crippen LogP) is 4.18. The summed E-state index contributed by atoms with van der Waals surface area (Å²) < 4.78 is 60.7. The second-order valence-electron chi connectivity index (χ2n) is 8.44. The standard InChI is InChI=1S/C24H16BF4.C6H7N/c26-21-13-5-1-9-17(21)25(18-10-2-6-14-22(18)27,19-11-3-7-15-23(19)28)20-12-4-8-16-24(20)29;7-6-4-2-1-3-5-6/h1-16H;1-5H,7H2/q-1;/p+1. The van der Waals surface area contributed by atoms with Crippen LogP contribution in [0.3, 0.4) is 0 Å². The molecule has 5 aromatic carbocycles. The van der Waals surface area contributed by atoms with Crippen molar-refractivity contribution < 1.29 is 23.3 Å². The molecule has 0 aliphatic carbocycles. The second-order valence-corrected chi connectivity index (χ2v) is 8.44.